The van der Waals surface area contributed by atoms with E-state index in [1.165, 1.54) is 7.11 Å². The van der Waals surface area contributed by atoms with Crippen molar-refractivity contribution in [1.29, 1.82) is 0 Å². The molecule has 1 unspecified atom stereocenters. The van der Waals surface area contributed by atoms with Gasteiger partial charge in [-0.3, -0.25) is 14.4 Å². The van der Waals surface area contributed by atoms with Crippen molar-refractivity contribution >= 4 is 17.5 Å². The summed E-state index contributed by atoms with van der Waals surface area (Å²) in [4.78, 5) is 33.7. The molecule has 0 aromatic carbocycles. The van der Waals surface area contributed by atoms with Crippen LogP contribution in [0.5, 0.6) is 0 Å². The Labute approximate surface area is 94.8 Å². The minimum atomic E-state index is -1.64. The first kappa shape index (κ1) is 14.8. The molecular formula is C11H18O5. The van der Waals surface area contributed by atoms with Gasteiger partial charge >= 0.3 is 5.97 Å². The summed E-state index contributed by atoms with van der Waals surface area (Å²) in [5.74, 6) is -1.53. The molecule has 16 heavy (non-hydrogen) atoms. The normalized spacial score (nSPS) is 14.0. The largest absolute Gasteiger partial charge is 0.469 e. The summed E-state index contributed by atoms with van der Waals surface area (Å²) in [6.07, 6.45) is -0.413. The van der Waals surface area contributed by atoms with E-state index < -0.39 is 23.8 Å². The van der Waals surface area contributed by atoms with Gasteiger partial charge in [0.15, 0.2) is 5.78 Å². The van der Waals surface area contributed by atoms with Gasteiger partial charge < -0.3 is 9.84 Å². The quantitative estimate of drug-likeness (QED) is 0.512. The Hall–Kier alpha value is -1.23. The summed E-state index contributed by atoms with van der Waals surface area (Å²) in [7, 11) is 1.18. The lowest BCUT2D eigenvalue weighted by Gasteiger charge is -2.23. The highest BCUT2D eigenvalue weighted by atomic mass is 16.5. The fraction of sp³-hybridized carbons (Fsp3) is 0.727. The van der Waals surface area contributed by atoms with Crippen molar-refractivity contribution in [1.82, 2.24) is 0 Å². The van der Waals surface area contributed by atoms with Crippen LogP contribution in [0.4, 0.5) is 0 Å². The number of Topliss-reactive ketones (excluding diaryl/α,β-unsaturated/α-hetero) is 2. The number of carbonyl (C=O) groups is 3. The molecule has 0 saturated heterocycles. The first-order chi connectivity index (χ1) is 7.39. The Morgan fingerprint density at radius 1 is 1.25 bits per heavy atom. The molecule has 0 aliphatic rings. The molecular weight excluding hydrogens is 212 g/mol. The van der Waals surface area contributed by atoms with Crippen LogP contribution in [0.2, 0.25) is 0 Å². The monoisotopic (exact) mass is 230 g/mol. The summed E-state index contributed by atoms with van der Waals surface area (Å²) in [6, 6.07) is 0. The Kier molecular flexibility index (Phi) is 5.88. The van der Waals surface area contributed by atoms with Crippen LogP contribution >= 0.6 is 0 Å². The van der Waals surface area contributed by atoms with Crippen molar-refractivity contribution < 1.29 is 24.2 Å². The molecule has 1 atom stereocenters. The third-order valence-corrected chi connectivity index (χ3v) is 2.48. The van der Waals surface area contributed by atoms with E-state index in [2.05, 4.69) is 4.74 Å². The number of hydrogen-bond donors (Lipinski definition) is 1. The van der Waals surface area contributed by atoms with Crippen LogP contribution in [0.25, 0.3) is 0 Å². The maximum absolute atomic E-state index is 11.4. The van der Waals surface area contributed by atoms with Crippen molar-refractivity contribution in [2.24, 2.45) is 0 Å². The van der Waals surface area contributed by atoms with E-state index >= 15 is 0 Å². The van der Waals surface area contributed by atoms with E-state index in [0.717, 1.165) is 0 Å². The van der Waals surface area contributed by atoms with Gasteiger partial charge in [-0.05, 0) is 6.42 Å². The molecule has 0 heterocycles. The molecule has 5 nitrogen and oxygen atoms in total. The number of esters is 1. The minimum Gasteiger partial charge on any atom is -0.469 e. The standard InChI is InChI=1S/C11H18O5/c1-4-9(13)11(15,5-2)7-8(12)6-10(14)16-3/h15H,4-7H2,1-3H3. The Morgan fingerprint density at radius 2 is 1.81 bits per heavy atom. The zero-order valence-electron chi connectivity index (χ0n) is 9.91. The fourth-order valence-corrected chi connectivity index (χ4v) is 1.37. The molecule has 0 aromatic rings. The van der Waals surface area contributed by atoms with E-state index in [9.17, 15) is 19.5 Å². The van der Waals surface area contributed by atoms with Gasteiger partial charge in [0.1, 0.15) is 17.8 Å². The number of methoxy groups -OCH3 is 1. The molecule has 0 aliphatic carbocycles. The molecule has 0 spiro atoms. The summed E-state index contributed by atoms with van der Waals surface area (Å²) in [5.41, 5.74) is -1.64. The number of rotatable bonds is 7. The van der Waals surface area contributed by atoms with Gasteiger partial charge in [0.05, 0.1) is 7.11 Å². The minimum absolute atomic E-state index is 0.159. The van der Waals surface area contributed by atoms with Crippen molar-refractivity contribution in [2.45, 2.75) is 45.1 Å². The molecule has 0 amide bonds. The summed E-state index contributed by atoms with van der Waals surface area (Å²) in [5, 5.41) is 9.92. The molecule has 0 radical (unpaired) electrons. The number of aliphatic hydroxyl groups is 1. The predicted octanol–water partition coefficient (Wildman–Crippen LogP) is 0.629. The summed E-state index contributed by atoms with van der Waals surface area (Å²) in [6.45, 7) is 3.24. The number of ketones is 2. The van der Waals surface area contributed by atoms with Crippen LogP contribution in [-0.4, -0.2) is 35.4 Å². The SMILES string of the molecule is CCC(=O)C(O)(CC)CC(=O)CC(=O)OC. The predicted molar refractivity (Wildman–Crippen MR) is 56.8 cm³/mol. The molecule has 1 N–H and O–H groups in total. The molecule has 0 saturated carbocycles. The molecule has 0 aromatic heterocycles. The van der Waals surface area contributed by atoms with Crippen LogP contribution in [-0.2, 0) is 19.1 Å². The van der Waals surface area contributed by atoms with Gasteiger partial charge in [0.2, 0.25) is 0 Å². The topological polar surface area (TPSA) is 80.7 Å². The molecule has 0 aliphatic heterocycles. The van der Waals surface area contributed by atoms with Gasteiger partial charge in [-0.15, -0.1) is 0 Å². The van der Waals surface area contributed by atoms with E-state index in [1.54, 1.807) is 13.8 Å². The number of carbonyl (C=O) groups excluding carboxylic acids is 3. The molecule has 5 heteroatoms. The molecule has 0 rings (SSSR count). The maximum Gasteiger partial charge on any atom is 0.313 e. The average molecular weight is 230 g/mol. The Morgan fingerprint density at radius 3 is 2.19 bits per heavy atom. The zero-order valence-corrected chi connectivity index (χ0v) is 9.91. The van der Waals surface area contributed by atoms with Gasteiger partial charge in [0.25, 0.3) is 0 Å². The molecule has 0 bridgehead atoms. The highest BCUT2D eigenvalue weighted by Crippen LogP contribution is 2.19. The second kappa shape index (κ2) is 6.37. The summed E-state index contributed by atoms with van der Waals surface area (Å²) < 4.78 is 4.33. The second-order valence-corrected chi connectivity index (χ2v) is 3.63. The van der Waals surface area contributed by atoms with Crippen molar-refractivity contribution in [3.05, 3.63) is 0 Å². The van der Waals surface area contributed by atoms with Crippen LogP contribution in [0.1, 0.15) is 39.5 Å². The molecule has 0 fully saturated rings. The average Bonchev–Trinajstić information content (AvgIpc) is 2.27. The van der Waals surface area contributed by atoms with Gasteiger partial charge in [-0.2, -0.15) is 0 Å². The fourth-order valence-electron chi connectivity index (χ4n) is 1.37. The zero-order chi connectivity index (χ0) is 12.8. The smallest absolute Gasteiger partial charge is 0.313 e. The van der Waals surface area contributed by atoms with Gasteiger partial charge in [0, 0.05) is 12.8 Å². The first-order valence-corrected chi connectivity index (χ1v) is 5.23. The van der Waals surface area contributed by atoms with E-state index in [1.807, 2.05) is 0 Å². The molecule has 92 valence electrons. The summed E-state index contributed by atoms with van der Waals surface area (Å²) >= 11 is 0. The van der Waals surface area contributed by atoms with Crippen LogP contribution < -0.4 is 0 Å². The third-order valence-electron chi connectivity index (χ3n) is 2.48. The number of ether oxygens (including phenoxy) is 1. The maximum atomic E-state index is 11.4. The van der Waals surface area contributed by atoms with Crippen LogP contribution in [0.3, 0.4) is 0 Å². The van der Waals surface area contributed by atoms with Gasteiger partial charge in [-0.1, -0.05) is 13.8 Å². The van der Waals surface area contributed by atoms with Crippen LogP contribution in [0, 0.1) is 0 Å². The second-order valence-electron chi connectivity index (χ2n) is 3.63. The third kappa shape index (κ3) is 4.10. The Balaban J connectivity index is 4.48. The van der Waals surface area contributed by atoms with Crippen LogP contribution in [0.15, 0.2) is 0 Å². The number of hydrogen-bond acceptors (Lipinski definition) is 5. The Bertz CT molecular complexity index is 284. The van der Waals surface area contributed by atoms with Crippen molar-refractivity contribution in [3.63, 3.8) is 0 Å². The van der Waals surface area contributed by atoms with E-state index in [4.69, 9.17) is 0 Å². The first-order valence-electron chi connectivity index (χ1n) is 5.23. The highest BCUT2D eigenvalue weighted by Gasteiger charge is 2.35. The lowest BCUT2D eigenvalue weighted by molar-refractivity contribution is -0.148. The van der Waals surface area contributed by atoms with E-state index in [0.29, 0.717) is 0 Å². The highest BCUT2D eigenvalue weighted by molar-refractivity contribution is 5.99. The van der Waals surface area contributed by atoms with Crippen molar-refractivity contribution in [2.75, 3.05) is 7.11 Å². The van der Waals surface area contributed by atoms with Crippen molar-refractivity contribution in [3.8, 4) is 0 Å². The lowest BCUT2D eigenvalue weighted by Crippen LogP contribution is -2.40. The van der Waals surface area contributed by atoms with Gasteiger partial charge in [-0.25, -0.2) is 0 Å². The van der Waals surface area contributed by atoms with E-state index in [-0.39, 0.29) is 25.0 Å². The lowest BCUT2D eigenvalue weighted by atomic mass is 9.87.